The van der Waals surface area contributed by atoms with Crippen molar-refractivity contribution in [1.29, 1.82) is 0 Å². The van der Waals surface area contributed by atoms with Crippen molar-refractivity contribution in [3.63, 3.8) is 0 Å². The fourth-order valence-electron chi connectivity index (χ4n) is 1.43. The Bertz CT molecular complexity index is 448. The maximum absolute atomic E-state index is 13.7. The van der Waals surface area contributed by atoms with Crippen molar-refractivity contribution in [2.45, 2.75) is 26.0 Å². The molecule has 0 amide bonds. The maximum Gasteiger partial charge on any atom is 0.325 e. The SMILES string of the molecule is COc1cc(C(N)C(=O)O)c(F)cc1OC(C)C. The Kier molecular flexibility index (Phi) is 4.49. The third-order valence-corrected chi connectivity index (χ3v) is 2.25. The van der Waals surface area contributed by atoms with Gasteiger partial charge in [-0.3, -0.25) is 4.79 Å². The van der Waals surface area contributed by atoms with Crippen LogP contribution >= 0.6 is 0 Å². The fraction of sp³-hybridized carbons (Fsp3) is 0.417. The molecule has 1 aromatic carbocycles. The fourth-order valence-corrected chi connectivity index (χ4v) is 1.43. The molecular formula is C12H16FNO4. The van der Waals surface area contributed by atoms with E-state index in [0.717, 1.165) is 6.07 Å². The van der Waals surface area contributed by atoms with Gasteiger partial charge in [0.15, 0.2) is 11.5 Å². The van der Waals surface area contributed by atoms with Gasteiger partial charge in [-0.25, -0.2) is 4.39 Å². The molecule has 1 rings (SSSR count). The molecule has 0 bridgehead atoms. The van der Waals surface area contributed by atoms with Crippen molar-refractivity contribution in [2.75, 3.05) is 7.11 Å². The van der Waals surface area contributed by atoms with E-state index in [0.29, 0.717) is 0 Å². The summed E-state index contributed by atoms with van der Waals surface area (Å²) in [7, 11) is 1.39. The van der Waals surface area contributed by atoms with Gasteiger partial charge in [0.25, 0.3) is 0 Å². The minimum Gasteiger partial charge on any atom is -0.493 e. The van der Waals surface area contributed by atoms with Gasteiger partial charge in [-0.2, -0.15) is 0 Å². The van der Waals surface area contributed by atoms with Gasteiger partial charge < -0.3 is 20.3 Å². The molecule has 0 heterocycles. The first-order chi connectivity index (χ1) is 8.36. The third kappa shape index (κ3) is 3.10. The van der Waals surface area contributed by atoms with E-state index in [2.05, 4.69) is 0 Å². The number of ether oxygens (including phenoxy) is 2. The lowest BCUT2D eigenvalue weighted by atomic mass is 10.1. The van der Waals surface area contributed by atoms with Crippen molar-refractivity contribution >= 4 is 5.97 Å². The van der Waals surface area contributed by atoms with Gasteiger partial charge in [0.05, 0.1) is 13.2 Å². The summed E-state index contributed by atoms with van der Waals surface area (Å²) in [6.07, 6.45) is -0.155. The number of carboxylic acids is 1. The maximum atomic E-state index is 13.7. The van der Waals surface area contributed by atoms with E-state index in [9.17, 15) is 9.18 Å². The van der Waals surface area contributed by atoms with Gasteiger partial charge >= 0.3 is 5.97 Å². The molecule has 0 saturated carbocycles. The van der Waals surface area contributed by atoms with E-state index < -0.39 is 17.8 Å². The molecule has 0 aromatic heterocycles. The summed E-state index contributed by atoms with van der Waals surface area (Å²) < 4.78 is 24.1. The highest BCUT2D eigenvalue weighted by Crippen LogP contribution is 2.32. The van der Waals surface area contributed by atoms with E-state index in [4.69, 9.17) is 20.3 Å². The van der Waals surface area contributed by atoms with E-state index >= 15 is 0 Å². The van der Waals surface area contributed by atoms with Crippen LogP contribution in [0.5, 0.6) is 11.5 Å². The summed E-state index contributed by atoms with van der Waals surface area (Å²) in [5.74, 6) is -1.59. The lowest BCUT2D eigenvalue weighted by Crippen LogP contribution is -2.22. The van der Waals surface area contributed by atoms with Crippen molar-refractivity contribution in [2.24, 2.45) is 5.73 Å². The summed E-state index contributed by atoms with van der Waals surface area (Å²) in [4.78, 5) is 10.8. The number of benzene rings is 1. The second-order valence-electron chi connectivity index (χ2n) is 4.01. The van der Waals surface area contributed by atoms with Gasteiger partial charge in [-0.15, -0.1) is 0 Å². The zero-order valence-corrected chi connectivity index (χ0v) is 10.4. The van der Waals surface area contributed by atoms with Crippen LogP contribution in [0.1, 0.15) is 25.5 Å². The number of carboxylic acid groups (broad SMARTS) is 1. The summed E-state index contributed by atoms with van der Waals surface area (Å²) in [6.45, 7) is 3.57. The molecule has 0 radical (unpaired) electrons. The molecule has 18 heavy (non-hydrogen) atoms. The highest BCUT2D eigenvalue weighted by molar-refractivity contribution is 5.75. The molecule has 0 saturated heterocycles. The molecule has 0 spiro atoms. The highest BCUT2D eigenvalue weighted by Gasteiger charge is 2.22. The third-order valence-electron chi connectivity index (χ3n) is 2.25. The number of carbonyl (C=O) groups is 1. The number of methoxy groups -OCH3 is 1. The molecule has 100 valence electrons. The Hall–Kier alpha value is -1.82. The van der Waals surface area contributed by atoms with Crippen LogP contribution in [0, 0.1) is 5.82 Å². The average Bonchev–Trinajstić information content (AvgIpc) is 2.27. The molecule has 0 aliphatic carbocycles. The largest absolute Gasteiger partial charge is 0.493 e. The first kappa shape index (κ1) is 14.2. The van der Waals surface area contributed by atoms with Gasteiger partial charge in [0, 0.05) is 11.6 Å². The predicted molar refractivity (Wildman–Crippen MR) is 63.3 cm³/mol. The van der Waals surface area contributed by atoms with Gasteiger partial charge in [0.2, 0.25) is 0 Å². The Morgan fingerprint density at radius 2 is 2.00 bits per heavy atom. The molecule has 1 atom stereocenters. The van der Waals surface area contributed by atoms with Crippen LogP contribution in [0.4, 0.5) is 4.39 Å². The van der Waals surface area contributed by atoms with Crippen molar-refractivity contribution in [1.82, 2.24) is 0 Å². The smallest absolute Gasteiger partial charge is 0.325 e. The molecule has 0 aliphatic rings. The molecule has 1 unspecified atom stereocenters. The average molecular weight is 257 g/mol. The topological polar surface area (TPSA) is 81.8 Å². The minimum atomic E-state index is -1.44. The van der Waals surface area contributed by atoms with Crippen LogP contribution < -0.4 is 15.2 Å². The molecule has 6 heteroatoms. The van der Waals surface area contributed by atoms with Crippen molar-refractivity contribution < 1.29 is 23.8 Å². The Balaban J connectivity index is 3.21. The molecule has 0 fully saturated rings. The summed E-state index contributed by atoms with van der Waals surface area (Å²) in [6, 6.07) is 0.884. The normalized spacial score (nSPS) is 12.3. The van der Waals surface area contributed by atoms with Crippen molar-refractivity contribution in [3.05, 3.63) is 23.5 Å². The quantitative estimate of drug-likeness (QED) is 0.839. The van der Waals surface area contributed by atoms with Crippen LogP contribution in [0.25, 0.3) is 0 Å². The van der Waals surface area contributed by atoms with Crippen molar-refractivity contribution in [3.8, 4) is 11.5 Å². The molecule has 5 nitrogen and oxygen atoms in total. The molecule has 3 N–H and O–H groups in total. The van der Waals surface area contributed by atoms with Gasteiger partial charge in [-0.1, -0.05) is 0 Å². The molecular weight excluding hydrogens is 241 g/mol. The van der Waals surface area contributed by atoms with Gasteiger partial charge in [0.1, 0.15) is 11.9 Å². The van der Waals surface area contributed by atoms with Crippen LogP contribution in [0.15, 0.2) is 12.1 Å². The zero-order valence-electron chi connectivity index (χ0n) is 10.4. The number of rotatable bonds is 5. The molecule has 1 aromatic rings. The van der Waals surface area contributed by atoms with Crippen LogP contribution in [-0.4, -0.2) is 24.3 Å². The standard InChI is InChI=1S/C12H16FNO4/c1-6(2)18-10-5-8(13)7(4-9(10)17-3)11(14)12(15)16/h4-6,11H,14H2,1-3H3,(H,15,16). The van der Waals surface area contributed by atoms with Gasteiger partial charge in [-0.05, 0) is 19.9 Å². The van der Waals surface area contributed by atoms with Crippen LogP contribution in [-0.2, 0) is 4.79 Å². The monoisotopic (exact) mass is 257 g/mol. The Morgan fingerprint density at radius 3 is 2.44 bits per heavy atom. The molecule has 0 aliphatic heterocycles. The number of hydrogen-bond donors (Lipinski definition) is 2. The van der Waals surface area contributed by atoms with E-state index in [1.165, 1.54) is 13.2 Å². The second-order valence-corrected chi connectivity index (χ2v) is 4.01. The van der Waals surface area contributed by atoms with Crippen LogP contribution in [0.2, 0.25) is 0 Å². The lowest BCUT2D eigenvalue weighted by Gasteiger charge is -2.16. The summed E-state index contributed by atoms with van der Waals surface area (Å²) >= 11 is 0. The van der Waals surface area contributed by atoms with E-state index in [-0.39, 0.29) is 23.2 Å². The first-order valence-corrected chi connectivity index (χ1v) is 5.39. The predicted octanol–water partition coefficient (Wildman–Crippen LogP) is 1.71. The number of nitrogens with two attached hydrogens (primary N) is 1. The lowest BCUT2D eigenvalue weighted by molar-refractivity contribution is -0.138. The Labute approximate surface area is 104 Å². The second kappa shape index (κ2) is 5.68. The van der Waals surface area contributed by atoms with Crippen LogP contribution in [0.3, 0.4) is 0 Å². The number of halogens is 1. The Morgan fingerprint density at radius 1 is 1.39 bits per heavy atom. The van der Waals surface area contributed by atoms with E-state index in [1.807, 2.05) is 0 Å². The number of hydrogen-bond acceptors (Lipinski definition) is 4. The number of aliphatic carboxylic acids is 1. The highest BCUT2D eigenvalue weighted by atomic mass is 19.1. The summed E-state index contributed by atoms with van der Waals surface area (Å²) in [5, 5.41) is 8.77. The van der Waals surface area contributed by atoms with E-state index in [1.54, 1.807) is 13.8 Å². The summed E-state index contributed by atoms with van der Waals surface area (Å²) in [5.41, 5.74) is 5.23. The minimum absolute atomic E-state index is 0.143. The zero-order chi connectivity index (χ0) is 13.9. The first-order valence-electron chi connectivity index (χ1n) is 5.39.